The van der Waals surface area contributed by atoms with Crippen molar-refractivity contribution in [2.75, 3.05) is 19.6 Å². The van der Waals surface area contributed by atoms with E-state index in [4.69, 9.17) is 0 Å². The Morgan fingerprint density at radius 1 is 1.33 bits per heavy atom. The Morgan fingerprint density at radius 3 is 2.67 bits per heavy atom. The van der Waals surface area contributed by atoms with Crippen LogP contribution in [0, 0.1) is 0 Å². The Bertz CT molecular complexity index is 499. The maximum absolute atomic E-state index is 12.3. The van der Waals surface area contributed by atoms with Crippen LogP contribution >= 0.6 is 24.0 Å². The summed E-state index contributed by atoms with van der Waals surface area (Å²) in [5, 5.41) is 6.31. The summed E-state index contributed by atoms with van der Waals surface area (Å²) < 4.78 is 24.7. The van der Waals surface area contributed by atoms with Gasteiger partial charge in [-0.15, -0.1) is 24.0 Å². The maximum atomic E-state index is 12.3. The molecule has 0 saturated carbocycles. The van der Waals surface area contributed by atoms with Crippen molar-refractivity contribution < 1.29 is 8.78 Å². The number of likely N-dealkylation sites (tertiary alicyclic amines) is 1. The number of rotatable bonds is 6. The van der Waals surface area contributed by atoms with Crippen molar-refractivity contribution in [3.63, 3.8) is 0 Å². The van der Waals surface area contributed by atoms with Crippen LogP contribution in [0.1, 0.15) is 25.8 Å². The monoisotopic (exact) mass is 452 g/mol. The number of nitrogens with zero attached hydrogens (tertiary/aromatic N) is 2. The number of hydrogen-bond acceptors (Lipinski definition) is 2. The third kappa shape index (κ3) is 6.88. The fraction of sp³-hybridized carbons (Fsp3) is 0.588. The van der Waals surface area contributed by atoms with Crippen LogP contribution in [0.3, 0.4) is 0 Å². The summed E-state index contributed by atoms with van der Waals surface area (Å²) in [6.07, 6.45) is -1.44. The molecule has 0 aromatic heterocycles. The highest BCUT2D eigenvalue weighted by atomic mass is 127. The van der Waals surface area contributed by atoms with Crippen LogP contribution < -0.4 is 10.6 Å². The lowest BCUT2D eigenvalue weighted by Crippen LogP contribution is -2.44. The van der Waals surface area contributed by atoms with Gasteiger partial charge in [0.05, 0.1) is 0 Å². The van der Waals surface area contributed by atoms with E-state index < -0.39 is 13.0 Å². The van der Waals surface area contributed by atoms with Crippen LogP contribution in [0.25, 0.3) is 0 Å². The van der Waals surface area contributed by atoms with Gasteiger partial charge in [0.25, 0.3) is 6.43 Å². The summed E-state index contributed by atoms with van der Waals surface area (Å²) in [6.45, 7) is 6.11. The van der Waals surface area contributed by atoms with E-state index >= 15 is 0 Å². The van der Waals surface area contributed by atoms with E-state index in [1.54, 1.807) is 0 Å². The first kappa shape index (κ1) is 21.1. The van der Waals surface area contributed by atoms with E-state index in [0.29, 0.717) is 18.5 Å². The smallest absolute Gasteiger partial charge is 0.257 e. The summed E-state index contributed by atoms with van der Waals surface area (Å²) in [5.74, 6) is 0.478. The average Bonchev–Trinajstić information content (AvgIpc) is 2.86. The highest BCUT2D eigenvalue weighted by Crippen LogP contribution is 2.20. The molecule has 1 heterocycles. The van der Waals surface area contributed by atoms with Gasteiger partial charge in [-0.25, -0.2) is 13.8 Å². The van der Waals surface area contributed by atoms with Gasteiger partial charge in [-0.05, 0) is 25.8 Å². The number of hydrogen-bond donors (Lipinski definition) is 2. The lowest BCUT2D eigenvalue weighted by atomic mass is 10.2. The maximum Gasteiger partial charge on any atom is 0.257 e. The zero-order chi connectivity index (χ0) is 16.7. The number of aliphatic imine (C=N–C) groups is 1. The van der Waals surface area contributed by atoms with Crippen LogP contribution in [0.5, 0.6) is 0 Å². The topological polar surface area (TPSA) is 39.7 Å². The highest BCUT2D eigenvalue weighted by molar-refractivity contribution is 14.0. The Hall–Kier alpha value is -0.960. The summed E-state index contributed by atoms with van der Waals surface area (Å²) >= 11 is 0. The Kier molecular flexibility index (Phi) is 9.50. The van der Waals surface area contributed by atoms with Crippen molar-refractivity contribution in [3.8, 4) is 0 Å². The predicted molar refractivity (Wildman–Crippen MR) is 105 cm³/mol. The van der Waals surface area contributed by atoms with E-state index in [0.717, 1.165) is 19.5 Å². The van der Waals surface area contributed by atoms with Gasteiger partial charge in [-0.3, -0.25) is 4.90 Å². The van der Waals surface area contributed by atoms with Crippen LogP contribution in [-0.4, -0.2) is 49.0 Å². The molecule has 2 unspecified atom stereocenters. The molecule has 0 amide bonds. The van der Waals surface area contributed by atoms with Gasteiger partial charge in [0.1, 0.15) is 6.54 Å². The van der Waals surface area contributed by atoms with Crippen LogP contribution in [-0.2, 0) is 6.54 Å². The molecule has 1 aromatic rings. The zero-order valence-corrected chi connectivity index (χ0v) is 16.5. The van der Waals surface area contributed by atoms with Crippen LogP contribution in [0.15, 0.2) is 35.3 Å². The minimum atomic E-state index is -2.41. The van der Waals surface area contributed by atoms with Crippen molar-refractivity contribution in [2.45, 2.75) is 45.3 Å². The normalized spacial score (nSPS) is 21.6. The summed E-state index contributed by atoms with van der Waals surface area (Å²) in [6, 6.07) is 11.0. The van der Waals surface area contributed by atoms with Crippen LogP contribution in [0.2, 0.25) is 0 Å². The molecule has 1 saturated heterocycles. The summed E-state index contributed by atoms with van der Waals surface area (Å²) in [4.78, 5) is 6.34. The molecule has 0 aliphatic carbocycles. The third-order valence-electron chi connectivity index (χ3n) is 4.00. The van der Waals surface area contributed by atoms with E-state index in [9.17, 15) is 8.78 Å². The largest absolute Gasteiger partial charge is 0.357 e. The predicted octanol–water partition coefficient (Wildman–Crippen LogP) is 3.09. The zero-order valence-electron chi connectivity index (χ0n) is 14.2. The second kappa shape index (κ2) is 10.8. The molecule has 1 aliphatic rings. The standard InChI is InChI=1S/C17H26F2N4.HI/c1-3-20-17(21-10-16(18)19)22-15-9-13(2)23(12-15)11-14-7-5-4-6-8-14;/h4-8,13,15-16H,3,9-12H2,1-2H3,(H2,20,21,22);1H. The number of benzene rings is 1. The molecular formula is C17H27F2IN4. The fourth-order valence-electron chi connectivity index (χ4n) is 2.91. The molecule has 1 aliphatic heterocycles. The minimum absolute atomic E-state index is 0. The molecule has 0 bridgehead atoms. The molecule has 2 rings (SSSR count). The second-order valence-corrected chi connectivity index (χ2v) is 5.95. The fourth-order valence-corrected chi connectivity index (χ4v) is 2.91. The number of guanidine groups is 1. The molecule has 136 valence electrons. The van der Waals surface area contributed by atoms with Crippen molar-refractivity contribution in [1.29, 1.82) is 0 Å². The first-order valence-corrected chi connectivity index (χ1v) is 8.19. The first-order chi connectivity index (χ1) is 11.1. The lowest BCUT2D eigenvalue weighted by Gasteiger charge is -2.21. The molecule has 1 fully saturated rings. The van der Waals surface area contributed by atoms with Gasteiger partial charge in [-0.1, -0.05) is 30.3 Å². The molecule has 2 N–H and O–H groups in total. The van der Waals surface area contributed by atoms with Gasteiger partial charge < -0.3 is 10.6 Å². The van der Waals surface area contributed by atoms with Crippen LogP contribution in [0.4, 0.5) is 8.78 Å². The molecular weight excluding hydrogens is 425 g/mol. The number of nitrogens with one attached hydrogen (secondary N) is 2. The number of halogens is 3. The molecule has 24 heavy (non-hydrogen) atoms. The number of alkyl halides is 2. The van der Waals surface area contributed by atoms with Gasteiger partial charge >= 0.3 is 0 Å². The Balaban J connectivity index is 0.00000288. The van der Waals surface area contributed by atoms with Crippen molar-refractivity contribution >= 4 is 29.9 Å². The molecule has 0 spiro atoms. The molecule has 1 aromatic carbocycles. The average molecular weight is 452 g/mol. The quantitative estimate of drug-likeness (QED) is 0.396. The Labute approximate surface area is 160 Å². The molecule has 7 heteroatoms. The van der Waals surface area contributed by atoms with Gasteiger partial charge in [0.15, 0.2) is 5.96 Å². The van der Waals surface area contributed by atoms with E-state index in [2.05, 4.69) is 39.6 Å². The summed E-state index contributed by atoms with van der Waals surface area (Å²) in [5.41, 5.74) is 1.29. The molecule has 0 radical (unpaired) electrons. The minimum Gasteiger partial charge on any atom is -0.357 e. The van der Waals surface area contributed by atoms with Gasteiger partial charge in [0, 0.05) is 31.7 Å². The highest BCUT2D eigenvalue weighted by Gasteiger charge is 2.29. The van der Waals surface area contributed by atoms with Crippen molar-refractivity contribution in [2.24, 2.45) is 4.99 Å². The van der Waals surface area contributed by atoms with Gasteiger partial charge in [-0.2, -0.15) is 0 Å². The SMILES string of the molecule is CCNC(=NCC(F)F)NC1CC(C)N(Cc2ccccc2)C1.I. The second-order valence-electron chi connectivity index (χ2n) is 5.95. The van der Waals surface area contributed by atoms with E-state index in [1.165, 1.54) is 5.56 Å². The molecule has 4 nitrogen and oxygen atoms in total. The van der Waals surface area contributed by atoms with E-state index in [-0.39, 0.29) is 30.0 Å². The third-order valence-corrected chi connectivity index (χ3v) is 4.00. The lowest BCUT2D eigenvalue weighted by molar-refractivity contribution is 0.158. The van der Waals surface area contributed by atoms with Gasteiger partial charge in [0.2, 0.25) is 0 Å². The van der Waals surface area contributed by atoms with E-state index in [1.807, 2.05) is 25.1 Å². The van der Waals surface area contributed by atoms with Crippen molar-refractivity contribution in [3.05, 3.63) is 35.9 Å². The first-order valence-electron chi connectivity index (χ1n) is 8.19. The van der Waals surface area contributed by atoms with Crippen molar-refractivity contribution in [1.82, 2.24) is 15.5 Å². The Morgan fingerprint density at radius 2 is 2.04 bits per heavy atom. The molecule has 2 atom stereocenters. The summed E-state index contributed by atoms with van der Waals surface area (Å²) in [7, 11) is 0.